The third-order valence-corrected chi connectivity index (χ3v) is 6.52. The third-order valence-electron chi connectivity index (χ3n) is 6.52. The summed E-state index contributed by atoms with van der Waals surface area (Å²) in [5, 5.41) is 31.7. The van der Waals surface area contributed by atoms with Crippen molar-refractivity contribution >= 4 is 29.4 Å². The Labute approximate surface area is 220 Å². The van der Waals surface area contributed by atoms with Crippen molar-refractivity contribution in [3.8, 4) is 0 Å². The molecule has 2 heterocycles. The van der Waals surface area contributed by atoms with E-state index in [1.807, 2.05) is 0 Å². The number of carbonyl (C=O) groups excluding carboxylic acids is 3. The number of esters is 1. The monoisotopic (exact) mass is 541 g/mol. The molecule has 14 nitrogen and oxygen atoms in total. The molecule has 2 aliphatic heterocycles. The number of ether oxygens (including phenoxy) is 3. The first-order valence-corrected chi connectivity index (χ1v) is 11.7. The number of benzene rings is 2. The minimum atomic E-state index is -1.18. The fourth-order valence-corrected chi connectivity index (χ4v) is 4.55. The number of aliphatic hydroxyl groups is 1. The molecule has 0 radical (unpaired) electrons. The molecule has 1 amide bonds. The van der Waals surface area contributed by atoms with E-state index in [0.717, 1.165) is 4.90 Å². The molecule has 0 spiro atoms. The van der Waals surface area contributed by atoms with Crippen molar-refractivity contribution in [2.45, 2.75) is 39.2 Å². The van der Waals surface area contributed by atoms with Crippen LogP contribution in [0.5, 0.6) is 0 Å². The van der Waals surface area contributed by atoms with Crippen LogP contribution in [0.2, 0.25) is 0 Å². The van der Waals surface area contributed by atoms with Gasteiger partial charge in [0.1, 0.15) is 19.0 Å². The Hall–Kier alpha value is -4.85. The van der Waals surface area contributed by atoms with E-state index < -0.39 is 51.9 Å². The van der Waals surface area contributed by atoms with Gasteiger partial charge in [-0.25, -0.2) is 9.59 Å². The highest BCUT2D eigenvalue weighted by atomic mass is 16.7. The van der Waals surface area contributed by atoms with Crippen molar-refractivity contribution < 1.29 is 43.5 Å². The predicted octanol–water partition coefficient (Wildman–Crippen LogP) is 2.97. The van der Waals surface area contributed by atoms with E-state index in [-0.39, 0.29) is 36.0 Å². The number of amides is 1. The van der Waals surface area contributed by atoms with Gasteiger partial charge in [0, 0.05) is 30.2 Å². The van der Waals surface area contributed by atoms with Crippen LogP contribution in [0, 0.1) is 32.1 Å². The number of carbonyl (C=O) groups is 3. The maximum Gasteiger partial charge on any atom is 0.513 e. The maximum absolute atomic E-state index is 13.1. The van der Waals surface area contributed by atoms with Crippen LogP contribution in [0.1, 0.15) is 25.0 Å². The molecule has 0 bridgehead atoms. The number of β-lactam (4-membered cyclic amide) rings is 1. The van der Waals surface area contributed by atoms with Crippen molar-refractivity contribution in [1.29, 1.82) is 0 Å². The Bertz CT molecular complexity index is 1350. The number of hydrogen-bond acceptors (Lipinski definition) is 11. The lowest BCUT2D eigenvalue weighted by Crippen LogP contribution is -2.63. The van der Waals surface area contributed by atoms with E-state index in [0.29, 0.717) is 11.1 Å². The number of nitrogens with zero attached hydrogens (tertiary/aromatic N) is 3. The second-order valence-electron chi connectivity index (χ2n) is 9.03. The molecule has 0 saturated carbocycles. The molecule has 0 aliphatic carbocycles. The highest BCUT2D eigenvalue weighted by Gasteiger charge is 2.61. The average molecular weight is 541 g/mol. The summed E-state index contributed by atoms with van der Waals surface area (Å²) in [5.41, 5.74) is 0.313. The van der Waals surface area contributed by atoms with E-state index in [9.17, 15) is 39.7 Å². The zero-order chi connectivity index (χ0) is 28.4. The second-order valence-corrected chi connectivity index (χ2v) is 9.03. The van der Waals surface area contributed by atoms with E-state index >= 15 is 0 Å². The number of rotatable bonds is 9. The lowest BCUT2D eigenvalue weighted by molar-refractivity contribution is -0.385. The number of fused-ring (bicyclic) bond motifs is 1. The van der Waals surface area contributed by atoms with Gasteiger partial charge in [0.05, 0.1) is 27.9 Å². The largest absolute Gasteiger partial charge is 0.513 e. The molecule has 39 heavy (non-hydrogen) atoms. The zero-order valence-corrected chi connectivity index (χ0v) is 20.7. The summed E-state index contributed by atoms with van der Waals surface area (Å²) in [5.74, 6) is -3.18. The molecular weight excluding hydrogens is 518 g/mol. The molecule has 4 rings (SSSR count). The lowest BCUT2D eigenvalue weighted by atomic mass is 9.79. The molecule has 4 atom stereocenters. The van der Waals surface area contributed by atoms with Crippen LogP contribution in [0.3, 0.4) is 0 Å². The molecule has 2 aromatic rings. The summed E-state index contributed by atoms with van der Waals surface area (Å²) in [4.78, 5) is 60.0. The van der Waals surface area contributed by atoms with Crippen molar-refractivity contribution in [2.75, 3.05) is 0 Å². The molecule has 0 unspecified atom stereocenters. The third kappa shape index (κ3) is 5.40. The van der Waals surface area contributed by atoms with Gasteiger partial charge in [0.2, 0.25) is 5.91 Å². The standard InChI is InChI=1S/C25H23N3O11/c1-13-20-19(14(2)29)23(30)26(20)21(24(31)37-11-15-3-7-17(8-4-15)27(33)34)22(13)39-25(32)38-12-16-5-9-18(10-6-16)28(35)36/h3-10,13-14,19-20,29H,11-12H2,1-2H3/t13-,14-,19-,20-/m1/s1. The molecular formula is C25H23N3O11. The minimum absolute atomic E-state index is 0.134. The smallest absolute Gasteiger partial charge is 0.456 e. The van der Waals surface area contributed by atoms with Crippen LogP contribution in [0.4, 0.5) is 16.2 Å². The van der Waals surface area contributed by atoms with Crippen LogP contribution in [0.25, 0.3) is 0 Å². The first-order chi connectivity index (χ1) is 18.5. The first-order valence-electron chi connectivity index (χ1n) is 11.7. The van der Waals surface area contributed by atoms with Gasteiger partial charge in [-0.05, 0) is 42.3 Å². The average Bonchev–Trinajstić information content (AvgIpc) is 3.14. The Balaban J connectivity index is 1.49. The Morgan fingerprint density at radius 2 is 1.44 bits per heavy atom. The first kappa shape index (κ1) is 27.2. The van der Waals surface area contributed by atoms with Gasteiger partial charge in [0.25, 0.3) is 11.4 Å². The molecule has 1 saturated heterocycles. The summed E-state index contributed by atoms with van der Waals surface area (Å²) in [6, 6.07) is 9.96. The van der Waals surface area contributed by atoms with Crippen LogP contribution in [0.15, 0.2) is 60.0 Å². The summed E-state index contributed by atoms with van der Waals surface area (Å²) in [7, 11) is 0. The van der Waals surface area contributed by atoms with Crippen LogP contribution >= 0.6 is 0 Å². The van der Waals surface area contributed by atoms with E-state index in [1.54, 1.807) is 6.92 Å². The lowest BCUT2D eigenvalue weighted by Gasteiger charge is -2.46. The fourth-order valence-electron chi connectivity index (χ4n) is 4.55. The Kier molecular flexibility index (Phi) is 7.58. The minimum Gasteiger partial charge on any atom is -0.456 e. The SMILES string of the molecule is C[C@@H](O)[C@H]1C(=O)N2C(C(=O)OCc3ccc([N+](=O)[O-])cc3)=C(OC(=O)OCc3ccc([N+](=O)[O-])cc3)[C@H](C)[C@H]12. The molecule has 1 fully saturated rings. The Morgan fingerprint density at radius 3 is 1.90 bits per heavy atom. The zero-order valence-electron chi connectivity index (χ0n) is 20.7. The normalized spacial score (nSPS) is 20.5. The second kappa shape index (κ2) is 10.9. The summed E-state index contributed by atoms with van der Waals surface area (Å²) in [6.07, 6.45) is -2.20. The number of aliphatic hydroxyl groups excluding tert-OH is 1. The summed E-state index contributed by atoms with van der Waals surface area (Å²) >= 11 is 0. The van der Waals surface area contributed by atoms with Crippen molar-refractivity contribution in [3.63, 3.8) is 0 Å². The molecule has 14 heteroatoms. The maximum atomic E-state index is 13.1. The summed E-state index contributed by atoms with van der Waals surface area (Å²) < 4.78 is 15.8. The van der Waals surface area contributed by atoms with Gasteiger partial charge in [-0.3, -0.25) is 29.9 Å². The summed E-state index contributed by atoms with van der Waals surface area (Å²) in [6.45, 7) is 2.51. The van der Waals surface area contributed by atoms with Gasteiger partial charge >= 0.3 is 12.1 Å². The van der Waals surface area contributed by atoms with Gasteiger partial charge in [-0.2, -0.15) is 0 Å². The molecule has 1 N–H and O–H groups in total. The molecule has 2 aromatic carbocycles. The van der Waals surface area contributed by atoms with Crippen molar-refractivity contribution in [2.24, 2.45) is 11.8 Å². The number of nitro groups is 2. The number of hydrogen-bond donors (Lipinski definition) is 1. The van der Waals surface area contributed by atoms with Gasteiger partial charge in [-0.15, -0.1) is 0 Å². The topological polar surface area (TPSA) is 189 Å². The number of non-ortho nitro benzene ring substituents is 2. The van der Waals surface area contributed by atoms with Crippen LogP contribution < -0.4 is 0 Å². The van der Waals surface area contributed by atoms with Gasteiger partial charge < -0.3 is 19.3 Å². The van der Waals surface area contributed by atoms with E-state index in [1.165, 1.54) is 55.5 Å². The van der Waals surface area contributed by atoms with Crippen molar-refractivity contribution in [3.05, 3.63) is 91.3 Å². The highest BCUT2D eigenvalue weighted by molar-refractivity contribution is 6.00. The highest BCUT2D eigenvalue weighted by Crippen LogP contribution is 2.47. The van der Waals surface area contributed by atoms with E-state index in [4.69, 9.17) is 14.2 Å². The molecule has 0 aromatic heterocycles. The van der Waals surface area contributed by atoms with Crippen LogP contribution in [-0.2, 0) is 37.0 Å². The predicted molar refractivity (Wildman–Crippen MR) is 129 cm³/mol. The Morgan fingerprint density at radius 1 is 0.949 bits per heavy atom. The quantitative estimate of drug-likeness (QED) is 0.213. The van der Waals surface area contributed by atoms with Gasteiger partial charge in [-0.1, -0.05) is 6.92 Å². The fraction of sp³-hybridized carbons (Fsp3) is 0.320. The van der Waals surface area contributed by atoms with Crippen LogP contribution in [-0.4, -0.2) is 50.0 Å². The number of nitro benzene ring substituents is 2. The van der Waals surface area contributed by atoms with Crippen molar-refractivity contribution in [1.82, 2.24) is 4.90 Å². The van der Waals surface area contributed by atoms with Gasteiger partial charge in [0.15, 0.2) is 5.70 Å². The van der Waals surface area contributed by atoms with E-state index in [2.05, 4.69) is 0 Å². The molecule has 204 valence electrons. The molecule has 2 aliphatic rings.